The van der Waals surface area contributed by atoms with E-state index in [1.807, 2.05) is 0 Å². The first-order valence-electron chi connectivity index (χ1n) is 8.45. The van der Waals surface area contributed by atoms with Crippen molar-refractivity contribution in [2.24, 2.45) is 0 Å². The number of fused-ring (bicyclic) bond motifs is 1. The lowest BCUT2D eigenvalue weighted by atomic mass is 9.84. The normalized spacial score (nSPS) is 24.1. The minimum Gasteiger partial charge on any atom is -0.380 e. The van der Waals surface area contributed by atoms with Crippen LogP contribution in [-0.4, -0.2) is 37.4 Å². The maximum Gasteiger partial charge on any atom is 0.252 e. The molecule has 1 aliphatic carbocycles. The van der Waals surface area contributed by atoms with Crippen molar-refractivity contribution >= 4 is 5.91 Å². The summed E-state index contributed by atoms with van der Waals surface area (Å²) in [7, 11) is 0. The molecule has 0 saturated heterocycles. The monoisotopic (exact) mass is 306 g/mol. The van der Waals surface area contributed by atoms with E-state index in [0.717, 1.165) is 43.8 Å². The van der Waals surface area contributed by atoms with Crippen molar-refractivity contribution < 1.29 is 9.90 Å². The summed E-state index contributed by atoms with van der Waals surface area (Å²) in [5.74, 6) is 2.11. The minimum absolute atomic E-state index is 0.0550. The summed E-state index contributed by atoms with van der Waals surface area (Å²) >= 11 is 0. The van der Waals surface area contributed by atoms with Gasteiger partial charge in [0.05, 0.1) is 0 Å². The summed E-state index contributed by atoms with van der Waals surface area (Å²) in [6, 6.07) is 0.0550. The third-order valence-corrected chi connectivity index (χ3v) is 4.93. The SMILES string of the molecule is CC(C)c1nnc2n1CC(NC(=O)C1(O)CCCCC1)CC2. The third kappa shape index (κ3) is 2.89. The zero-order chi connectivity index (χ0) is 15.7. The Labute approximate surface area is 131 Å². The molecule has 1 aromatic heterocycles. The number of nitrogens with one attached hydrogen (secondary N) is 1. The molecule has 0 bridgehead atoms. The highest BCUT2D eigenvalue weighted by Crippen LogP contribution is 2.29. The van der Waals surface area contributed by atoms with Crippen molar-refractivity contribution in [1.29, 1.82) is 0 Å². The van der Waals surface area contributed by atoms with E-state index < -0.39 is 5.60 Å². The lowest BCUT2D eigenvalue weighted by molar-refractivity contribution is -0.144. The molecule has 1 atom stereocenters. The first-order chi connectivity index (χ1) is 10.5. The van der Waals surface area contributed by atoms with Gasteiger partial charge in [0.25, 0.3) is 5.91 Å². The standard InChI is InChI=1S/C16H26N4O2/c1-11(2)14-19-18-13-7-6-12(10-20(13)14)17-15(21)16(22)8-4-3-5-9-16/h11-12,22H,3-10H2,1-2H3,(H,17,21). The summed E-state index contributed by atoms with van der Waals surface area (Å²) in [6.07, 6.45) is 5.83. The van der Waals surface area contributed by atoms with Crippen LogP contribution >= 0.6 is 0 Å². The van der Waals surface area contributed by atoms with Gasteiger partial charge in [-0.15, -0.1) is 10.2 Å². The molecule has 1 aliphatic heterocycles. The van der Waals surface area contributed by atoms with Gasteiger partial charge in [0.2, 0.25) is 0 Å². The van der Waals surface area contributed by atoms with Gasteiger partial charge < -0.3 is 15.0 Å². The van der Waals surface area contributed by atoms with Crippen molar-refractivity contribution in [3.63, 3.8) is 0 Å². The van der Waals surface area contributed by atoms with Gasteiger partial charge in [0.1, 0.15) is 17.2 Å². The van der Waals surface area contributed by atoms with Crippen molar-refractivity contribution in [3.8, 4) is 0 Å². The number of hydrogen-bond donors (Lipinski definition) is 2. The van der Waals surface area contributed by atoms with Crippen LogP contribution in [0.15, 0.2) is 0 Å². The average Bonchev–Trinajstić information content (AvgIpc) is 2.91. The Bertz CT molecular complexity index is 546. The lowest BCUT2D eigenvalue weighted by Crippen LogP contribution is -2.53. The molecule has 3 rings (SSSR count). The summed E-state index contributed by atoms with van der Waals surface area (Å²) < 4.78 is 2.13. The van der Waals surface area contributed by atoms with E-state index in [1.165, 1.54) is 0 Å². The molecule has 6 heteroatoms. The molecule has 0 aromatic carbocycles. The summed E-state index contributed by atoms with van der Waals surface area (Å²) in [4.78, 5) is 12.5. The van der Waals surface area contributed by atoms with Crippen molar-refractivity contribution in [1.82, 2.24) is 20.1 Å². The first-order valence-corrected chi connectivity index (χ1v) is 8.45. The minimum atomic E-state index is -1.16. The molecule has 1 fully saturated rings. The number of aryl methyl sites for hydroxylation is 1. The number of aromatic nitrogens is 3. The van der Waals surface area contributed by atoms with E-state index in [0.29, 0.717) is 25.3 Å². The Morgan fingerprint density at radius 3 is 2.73 bits per heavy atom. The topological polar surface area (TPSA) is 80.0 Å². The molecule has 22 heavy (non-hydrogen) atoms. The molecule has 2 aliphatic rings. The van der Waals surface area contributed by atoms with Gasteiger partial charge in [0, 0.05) is 24.9 Å². The number of rotatable bonds is 3. The summed E-state index contributed by atoms with van der Waals surface area (Å²) in [6.45, 7) is 4.91. The molecular weight excluding hydrogens is 280 g/mol. The molecule has 1 saturated carbocycles. The van der Waals surface area contributed by atoms with E-state index in [4.69, 9.17) is 0 Å². The molecule has 1 amide bonds. The molecule has 1 unspecified atom stereocenters. The zero-order valence-electron chi connectivity index (χ0n) is 13.5. The van der Waals surface area contributed by atoms with Crippen LogP contribution in [0.2, 0.25) is 0 Å². The van der Waals surface area contributed by atoms with Gasteiger partial charge in [0.15, 0.2) is 0 Å². The predicted octanol–water partition coefficient (Wildman–Crippen LogP) is 1.53. The molecule has 0 radical (unpaired) electrons. The fourth-order valence-electron chi connectivity index (χ4n) is 3.58. The second kappa shape index (κ2) is 5.99. The predicted molar refractivity (Wildman–Crippen MR) is 82.4 cm³/mol. The molecule has 122 valence electrons. The van der Waals surface area contributed by atoms with Gasteiger partial charge in [-0.1, -0.05) is 33.1 Å². The number of hydrogen-bond acceptors (Lipinski definition) is 4. The van der Waals surface area contributed by atoms with Gasteiger partial charge in [-0.05, 0) is 19.3 Å². The Morgan fingerprint density at radius 1 is 1.32 bits per heavy atom. The smallest absolute Gasteiger partial charge is 0.252 e. The fraction of sp³-hybridized carbons (Fsp3) is 0.812. The lowest BCUT2D eigenvalue weighted by Gasteiger charge is -2.33. The van der Waals surface area contributed by atoms with E-state index in [9.17, 15) is 9.90 Å². The van der Waals surface area contributed by atoms with E-state index in [1.54, 1.807) is 0 Å². The largest absolute Gasteiger partial charge is 0.380 e. The third-order valence-electron chi connectivity index (χ3n) is 4.93. The molecule has 1 aromatic rings. The van der Waals surface area contributed by atoms with Crippen LogP contribution in [0.1, 0.15) is 69.9 Å². The average molecular weight is 306 g/mol. The van der Waals surface area contributed by atoms with Gasteiger partial charge in [-0.2, -0.15) is 0 Å². The number of amides is 1. The molecule has 2 N–H and O–H groups in total. The highest BCUT2D eigenvalue weighted by atomic mass is 16.3. The maximum absolute atomic E-state index is 12.5. The molecule has 0 spiro atoms. The van der Waals surface area contributed by atoms with Crippen LogP contribution in [0, 0.1) is 0 Å². The Kier molecular flexibility index (Phi) is 4.21. The fourth-order valence-corrected chi connectivity index (χ4v) is 3.58. The van der Waals surface area contributed by atoms with Crippen LogP contribution in [0.25, 0.3) is 0 Å². The molecule has 2 heterocycles. The summed E-state index contributed by atoms with van der Waals surface area (Å²) in [5, 5.41) is 22.1. The van der Waals surface area contributed by atoms with Crippen LogP contribution in [0.5, 0.6) is 0 Å². The van der Waals surface area contributed by atoms with Crippen molar-refractivity contribution in [3.05, 3.63) is 11.6 Å². The Balaban J connectivity index is 1.67. The number of aliphatic hydroxyl groups is 1. The maximum atomic E-state index is 12.5. The van der Waals surface area contributed by atoms with Crippen LogP contribution in [0.3, 0.4) is 0 Å². The quantitative estimate of drug-likeness (QED) is 0.887. The van der Waals surface area contributed by atoms with Crippen molar-refractivity contribution in [2.45, 2.75) is 82.9 Å². The summed E-state index contributed by atoms with van der Waals surface area (Å²) in [5.41, 5.74) is -1.16. The number of nitrogens with zero attached hydrogens (tertiary/aromatic N) is 3. The van der Waals surface area contributed by atoms with Gasteiger partial charge in [-0.3, -0.25) is 4.79 Å². The first kappa shape index (κ1) is 15.5. The zero-order valence-corrected chi connectivity index (χ0v) is 13.5. The van der Waals surface area contributed by atoms with Crippen LogP contribution in [0.4, 0.5) is 0 Å². The number of carbonyl (C=O) groups excluding carboxylic acids is 1. The van der Waals surface area contributed by atoms with Gasteiger partial charge >= 0.3 is 0 Å². The molecular formula is C16H26N4O2. The van der Waals surface area contributed by atoms with E-state index >= 15 is 0 Å². The Morgan fingerprint density at radius 2 is 2.05 bits per heavy atom. The van der Waals surface area contributed by atoms with Crippen LogP contribution < -0.4 is 5.32 Å². The van der Waals surface area contributed by atoms with E-state index in [2.05, 4.69) is 33.9 Å². The van der Waals surface area contributed by atoms with Gasteiger partial charge in [-0.25, -0.2) is 0 Å². The Hall–Kier alpha value is -1.43. The highest BCUT2D eigenvalue weighted by Gasteiger charge is 2.38. The van der Waals surface area contributed by atoms with Crippen LogP contribution in [-0.2, 0) is 17.8 Å². The number of carbonyl (C=O) groups is 1. The van der Waals surface area contributed by atoms with Crippen molar-refractivity contribution in [2.75, 3.05) is 0 Å². The second-order valence-corrected chi connectivity index (χ2v) is 7.04. The molecule has 6 nitrogen and oxygen atoms in total. The second-order valence-electron chi connectivity index (χ2n) is 7.04. The van der Waals surface area contributed by atoms with E-state index in [-0.39, 0.29) is 11.9 Å². The highest BCUT2D eigenvalue weighted by molar-refractivity contribution is 5.85.